The second-order valence-electron chi connectivity index (χ2n) is 5.28. The van der Waals surface area contributed by atoms with Crippen molar-refractivity contribution in [1.29, 1.82) is 0 Å². The van der Waals surface area contributed by atoms with E-state index in [1.54, 1.807) is 0 Å². The topological polar surface area (TPSA) is 21.3 Å². The molecule has 1 aromatic rings. The highest BCUT2D eigenvalue weighted by Crippen LogP contribution is 2.34. The van der Waals surface area contributed by atoms with Crippen LogP contribution in [0.2, 0.25) is 0 Å². The van der Waals surface area contributed by atoms with Crippen LogP contribution in [0.3, 0.4) is 0 Å². The lowest BCUT2D eigenvalue weighted by atomic mass is 10.1. The van der Waals surface area contributed by atoms with Gasteiger partial charge in [-0.1, -0.05) is 12.1 Å². The fraction of sp³-hybridized carbons (Fsp3) is 0.571. The van der Waals surface area contributed by atoms with Crippen molar-refractivity contribution < 1.29 is 4.74 Å². The van der Waals surface area contributed by atoms with Crippen LogP contribution in [0.15, 0.2) is 18.2 Å². The highest BCUT2D eigenvalue weighted by Gasteiger charge is 2.35. The molecule has 0 amide bonds. The van der Waals surface area contributed by atoms with Crippen molar-refractivity contribution in [1.82, 2.24) is 5.32 Å². The van der Waals surface area contributed by atoms with E-state index in [4.69, 9.17) is 4.74 Å². The molecular formula is C14H19NO. The minimum Gasteiger partial charge on any atom is -0.493 e. The second kappa shape index (κ2) is 3.77. The van der Waals surface area contributed by atoms with Crippen LogP contribution in [0.1, 0.15) is 30.9 Å². The molecule has 86 valence electrons. The molecule has 1 aliphatic heterocycles. The van der Waals surface area contributed by atoms with Crippen molar-refractivity contribution in [2.45, 2.75) is 38.1 Å². The lowest BCUT2D eigenvalue weighted by molar-refractivity contribution is 0.357. The molecule has 2 aliphatic rings. The van der Waals surface area contributed by atoms with Crippen LogP contribution >= 0.6 is 0 Å². The Morgan fingerprint density at radius 3 is 3.06 bits per heavy atom. The van der Waals surface area contributed by atoms with Gasteiger partial charge in [0.2, 0.25) is 0 Å². The largest absolute Gasteiger partial charge is 0.493 e. The van der Waals surface area contributed by atoms with Gasteiger partial charge in [0.05, 0.1) is 6.61 Å². The molecule has 1 heterocycles. The van der Waals surface area contributed by atoms with Gasteiger partial charge in [0, 0.05) is 12.0 Å². The van der Waals surface area contributed by atoms with E-state index in [-0.39, 0.29) is 0 Å². The van der Waals surface area contributed by atoms with Crippen LogP contribution in [-0.2, 0) is 12.8 Å². The lowest BCUT2D eigenvalue weighted by Gasteiger charge is -2.11. The van der Waals surface area contributed by atoms with Crippen LogP contribution in [0.25, 0.3) is 0 Å². The third-order valence-electron chi connectivity index (χ3n) is 3.72. The minimum atomic E-state index is 0.458. The Bertz CT molecular complexity index is 396. The van der Waals surface area contributed by atoms with E-state index in [9.17, 15) is 0 Å². The van der Waals surface area contributed by atoms with Gasteiger partial charge in [-0.25, -0.2) is 0 Å². The first-order valence-corrected chi connectivity index (χ1v) is 6.25. The number of hydrogen-bond acceptors (Lipinski definition) is 2. The summed E-state index contributed by atoms with van der Waals surface area (Å²) in [6.07, 6.45) is 4.88. The van der Waals surface area contributed by atoms with Crippen molar-refractivity contribution in [3.8, 4) is 5.75 Å². The van der Waals surface area contributed by atoms with E-state index in [1.807, 2.05) is 0 Å². The van der Waals surface area contributed by atoms with Crippen molar-refractivity contribution >= 4 is 0 Å². The highest BCUT2D eigenvalue weighted by atomic mass is 16.5. The summed E-state index contributed by atoms with van der Waals surface area (Å²) >= 11 is 0. The van der Waals surface area contributed by atoms with Gasteiger partial charge in [-0.2, -0.15) is 0 Å². The number of rotatable bonds is 4. The van der Waals surface area contributed by atoms with Crippen LogP contribution in [0, 0.1) is 0 Å². The van der Waals surface area contributed by atoms with Crippen LogP contribution in [-0.4, -0.2) is 18.7 Å². The van der Waals surface area contributed by atoms with Gasteiger partial charge in [-0.05, 0) is 49.9 Å². The monoisotopic (exact) mass is 217 g/mol. The molecule has 1 saturated carbocycles. The van der Waals surface area contributed by atoms with Gasteiger partial charge < -0.3 is 10.1 Å². The summed E-state index contributed by atoms with van der Waals surface area (Å²) in [6, 6.07) is 6.62. The van der Waals surface area contributed by atoms with E-state index in [0.717, 1.165) is 31.7 Å². The average Bonchev–Trinajstić information content (AvgIpc) is 2.84. The SMILES string of the molecule is CC1(NCCc2ccc3c(c2)CCO3)CC1. The van der Waals surface area contributed by atoms with E-state index in [2.05, 4.69) is 30.4 Å². The summed E-state index contributed by atoms with van der Waals surface area (Å²) < 4.78 is 5.51. The van der Waals surface area contributed by atoms with E-state index in [1.165, 1.54) is 24.0 Å². The fourth-order valence-corrected chi connectivity index (χ4v) is 2.27. The third kappa shape index (κ3) is 2.07. The van der Waals surface area contributed by atoms with Crippen molar-refractivity contribution in [2.75, 3.05) is 13.2 Å². The molecule has 0 aromatic heterocycles. The molecule has 1 fully saturated rings. The molecule has 0 radical (unpaired) electrons. The number of nitrogens with one attached hydrogen (secondary N) is 1. The Hall–Kier alpha value is -1.02. The Kier molecular flexibility index (Phi) is 2.40. The second-order valence-corrected chi connectivity index (χ2v) is 5.28. The minimum absolute atomic E-state index is 0.458. The molecular weight excluding hydrogens is 198 g/mol. The van der Waals surface area contributed by atoms with Gasteiger partial charge in [0.1, 0.15) is 5.75 Å². The molecule has 0 unspecified atom stereocenters. The van der Waals surface area contributed by atoms with Gasteiger partial charge in [-0.15, -0.1) is 0 Å². The predicted octanol–water partition coefficient (Wildman–Crippen LogP) is 2.31. The molecule has 1 N–H and O–H groups in total. The number of fused-ring (bicyclic) bond motifs is 1. The summed E-state index contributed by atoms with van der Waals surface area (Å²) in [4.78, 5) is 0. The zero-order chi connectivity index (χ0) is 11.0. The predicted molar refractivity (Wildman–Crippen MR) is 65.0 cm³/mol. The van der Waals surface area contributed by atoms with Gasteiger partial charge >= 0.3 is 0 Å². The number of benzene rings is 1. The highest BCUT2D eigenvalue weighted by molar-refractivity contribution is 5.39. The average molecular weight is 217 g/mol. The fourth-order valence-electron chi connectivity index (χ4n) is 2.27. The quantitative estimate of drug-likeness (QED) is 0.835. The zero-order valence-corrected chi connectivity index (χ0v) is 9.88. The molecule has 1 aromatic carbocycles. The molecule has 0 atom stereocenters. The van der Waals surface area contributed by atoms with Gasteiger partial charge in [0.25, 0.3) is 0 Å². The van der Waals surface area contributed by atoms with Crippen molar-refractivity contribution in [2.24, 2.45) is 0 Å². The van der Waals surface area contributed by atoms with E-state index >= 15 is 0 Å². The Balaban J connectivity index is 1.58. The summed E-state index contributed by atoms with van der Waals surface area (Å²) in [6.45, 7) is 4.26. The molecule has 0 bridgehead atoms. The first-order chi connectivity index (χ1) is 7.75. The molecule has 0 spiro atoms. The summed E-state index contributed by atoms with van der Waals surface area (Å²) in [5, 5.41) is 3.62. The Labute approximate surface area is 97.0 Å². The van der Waals surface area contributed by atoms with Crippen LogP contribution in [0.4, 0.5) is 0 Å². The lowest BCUT2D eigenvalue weighted by Crippen LogP contribution is -2.29. The maximum Gasteiger partial charge on any atom is 0.122 e. The molecule has 2 nitrogen and oxygen atoms in total. The van der Waals surface area contributed by atoms with Gasteiger partial charge in [0.15, 0.2) is 0 Å². The van der Waals surface area contributed by atoms with E-state index < -0.39 is 0 Å². The maximum absolute atomic E-state index is 5.51. The molecule has 0 saturated heterocycles. The smallest absolute Gasteiger partial charge is 0.122 e. The summed E-state index contributed by atoms with van der Waals surface area (Å²) in [7, 11) is 0. The van der Waals surface area contributed by atoms with Crippen molar-refractivity contribution in [3.63, 3.8) is 0 Å². The van der Waals surface area contributed by atoms with Crippen LogP contribution in [0.5, 0.6) is 5.75 Å². The summed E-state index contributed by atoms with van der Waals surface area (Å²) in [5.41, 5.74) is 3.27. The van der Waals surface area contributed by atoms with Crippen molar-refractivity contribution in [3.05, 3.63) is 29.3 Å². The standard InChI is InChI=1S/C14H19NO/c1-14(6-7-14)15-8-4-11-2-3-13-12(10-11)5-9-16-13/h2-3,10,15H,4-9H2,1H3. The Morgan fingerprint density at radius 1 is 1.38 bits per heavy atom. The first-order valence-electron chi connectivity index (χ1n) is 6.25. The molecule has 1 aliphatic carbocycles. The van der Waals surface area contributed by atoms with Gasteiger partial charge in [-0.3, -0.25) is 0 Å². The summed E-state index contributed by atoms with van der Waals surface area (Å²) in [5.74, 6) is 1.09. The van der Waals surface area contributed by atoms with Crippen LogP contribution < -0.4 is 10.1 Å². The molecule has 3 rings (SSSR count). The molecule has 16 heavy (non-hydrogen) atoms. The first kappa shape index (κ1) is 10.2. The third-order valence-corrected chi connectivity index (χ3v) is 3.72. The van der Waals surface area contributed by atoms with E-state index in [0.29, 0.717) is 5.54 Å². The zero-order valence-electron chi connectivity index (χ0n) is 9.88. The Morgan fingerprint density at radius 2 is 2.25 bits per heavy atom. The number of hydrogen-bond donors (Lipinski definition) is 1. The molecule has 2 heteroatoms. The number of ether oxygens (including phenoxy) is 1. The normalized spacial score (nSPS) is 20.3. The maximum atomic E-state index is 5.51.